The molecule has 1 saturated carbocycles. The second-order valence-electron chi connectivity index (χ2n) is 5.48. The second-order valence-corrected chi connectivity index (χ2v) is 5.48. The van der Waals surface area contributed by atoms with Gasteiger partial charge in [0.15, 0.2) is 0 Å². The summed E-state index contributed by atoms with van der Waals surface area (Å²) in [7, 11) is 0. The van der Waals surface area contributed by atoms with Gasteiger partial charge in [-0.25, -0.2) is 0 Å². The third-order valence-corrected chi connectivity index (χ3v) is 4.26. The lowest BCUT2D eigenvalue weighted by Gasteiger charge is -2.34. The summed E-state index contributed by atoms with van der Waals surface area (Å²) in [4.78, 5) is 0. The van der Waals surface area contributed by atoms with Crippen molar-refractivity contribution in [2.24, 2.45) is 11.7 Å². The first-order valence-corrected chi connectivity index (χ1v) is 6.84. The van der Waals surface area contributed by atoms with E-state index in [1.807, 2.05) is 0 Å². The van der Waals surface area contributed by atoms with Crippen LogP contribution in [0.25, 0.3) is 0 Å². The van der Waals surface area contributed by atoms with Gasteiger partial charge >= 0.3 is 6.18 Å². The van der Waals surface area contributed by atoms with E-state index in [9.17, 15) is 13.2 Å². The highest BCUT2D eigenvalue weighted by molar-refractivity contribution is 5.28. The van der Waals surface area contributed by atoms with Crippen LogP contribution in [0.15, 0.2) is 24.3 Å². The molecule has 2 rings (SSSR count). The normalized spacial score (nSPS) is 28.4. The third-order valence-electron chi connectivity index (χ3n) is 4.26. The van der Waals surface area contributed by atoms with Crippen LogP contribution in [0, 0.1) is 5.92 Å². The molecule has 0 aromatic heterocycles. The highest BCUT2D eigenvalue weighted by atomic mass is 19.4. The average Bonchev–Trinajstić information content (AvgIpc) is 2.38. The van der Waals surface area contributed by atoms with Crippen molar-refractivity contribution < 1.29 is 13.2 Å². The zero-order chi connectivity index (χ0) is 14.0. The minimum atomic E-state index is -4.26. The monoisotopic (exact) mass is 271 g/mol. The van der Waals surface area contributed by atoms with Gasteiger partial charge in [0, 0.05) is 6.04 Å². The Morgan fingerprint density at radius 2 is 1.79 bits per heavy atom. The van der Waals surface area contributed by atoms with Crippen molar-refractivity contribution in [1.82, 2.24) is 0 Å². The lowest BCUT2D eigenvalue weighted by atomic mass is 9.74. The number of nitrogens with two attached hydrogens (primary N) is 1. The van der Waals surface area contributed by atoms with Crippen LogP contribution in [0.5, 0.6) is 0 Å². The predicted octanol–water partition coefficient (Wildman–Crippen LogP) is 4.33. The molecule has 0 spiro atoms. The van der Waals surface area contributed by atoms with Gasteiger partial charge in [0.05, 0.1) is 5.56 Å². The number of rotatable bonds is 2. The summed E-state index contributed by atoms with van der Waals surface area (Å²) < 4.78 is 37.6. The molecule has 3 unspecified atom stereocenters. The molecule has 1 nitrogen and oxygen atoms in total. The topological polar surface area (TPSA) is 26.0 Å². The molecule has 1 aliphatic carbocycles. The first-order valence-electron chi connectivity index (χ1n) is 6.84. The van der Waals surface area contributed by atoms with Crippen molar-refractivity contribution in [3.8, 4) is 0 Å². The lowest BCUT2D eigenvalue weighted by molar-refractivity contribution is -0.137. The first kappa shape index (κ1) is 14.4. The molecule has 1 aromatic carbocycles. The van der Waals surface area contributed by atoms with Gasteiger partial charge < -0.3 is 5.73 Å². The zero-order valence-electron chi connectivity index (χ0n) is 11.1. The SMILES string of the molecule is CCC1CCC(N)C(c2ccc(C(F)(F)F)cc2)C1. The summed E-state index contributed by atoms with van der Waals surface area (Å²) >= 11 is 0. The largest absolute Gasteiger partial charge is 0.416 e. The van der Waals surface area contributed by atoms with E-state index >= 15 is 0 Å². The van der Waals surface area contributed by atoms with E-state index in [2.05, 4.69) is 6.92 Å². The fraction of sp³-hybridized carbons (Fsp3) is 0.600. The van der Waals surface area contributed by atoms with Gasteiger partial charge in [0.25, 0.3) is 0 Å². The molecule has 2 N–H and O–H groups in total. The van der Waals surface area contributed by atoms with Crippen LogP contribution < -0.4 is 5.73 Å². The molecule has 106 valence electrons. The molecule has 4 heteroatoms. The standard InChI is InChI=1S/C15H20F3N/c1-2-10-3-8-14(19)13(9-10)11-4-6-12(7-5-11)15(16,17)18/h4-7,10,13-14H,2-3,8-9,19H2,1H3. The molecular formula is C15H20F3N. The molecule has 1 fully saturated rings. The summed E-state index contributed by atoms with van der Waals surface area (Å²) in [5.41, 5.74) is 6.48. The number of alkyl halides is 3. The summed E-state index contributed by atoms with van der Waals surface area (Å²) in [6.07, 6.45) is -0.0644. The molecular weight excluding hydrogens is 251 g/mol. The van der Waals surface area contributed by atoms with Crippen molar-refractivity contribution in [1.29, 1.82) is 0 Å². The molecule has 0 bridgehead atoms. The molecule has 1 aliphatic rings. The van der Waals surface area contributed by atoms with E-state index in [-0.39, 0.29) is 12.0 Å². The summed E-state index contributed by atoms with van der Waals surface area (Å²) in [5.74, 6) is 0.841. The van der Waals surface area contributed by atoms with Crippen molar-refractivity contribution in [3.05, 3.63) is 35.4 Å². The van der Waals surface area contributed by atoms with Gasteiger partial charge in [-0.1, -0.05) is 25.5 Å². The zero-order valence-corrected chi connectivity index (χ0v) is 11.1. The molecule has 0 amide bonds. The maximum Gasteiger partial charge on any atom is 0.416 e. The van der Waals surface area contributed by atoms with E-state index in [1.165, 1.54) is 0 Å². The molecule has 19 heavy (non-hydrogen) atoms. The highest BCUT2D eigenvalue weighted by Gasteiger charge is 2.32. The van der Waals surface area contributed by atoms with Gasteiger partial charge in [-0.05, 0) is 48.8 Å². The van der Waals surface area contributed by atoms with Crippen molar-refractivity contribution in [2.75, 3.05) is 0 Å². The van der Waals surface area contributed by atoms with Gasteiger partial charge in [-0.2, -0.15) is 13.2 Å². The Balaban J connectivity index is 2.16. The van der Waals surface area contributed by atoms with E-state index in [0.717, 1.165) is 43.4 Å². The number of halogens is 3. The Morgan fingerprint density at radius 1 is 1.16 bits per heavy atom. The van der Waals surface area contributed by atoms with Crippen LogP contribution in [0.1, 0.15) is 49.7 Å². The third kappa shape index (κ3) is 3.30. The first-order chi connectivity index (χ1) is 8.91. The number of hydrogen-bond donors (Lipinski definition) is 1. The van der Waals surface area contributed by atoms with Crippen LogP contribution in [0.2, 0.25) is 0 Å². The highest BCUT2D eigenvalue weighted by Crippen LogP contribution is 2.38. The van der Waals surface area contributed by atoms with Crippen LogP contribution in [0.4, 0.5) is 13.2 Å². The van der Waals surface area contributed by atoms with Crippen molar-refractivity contribution in [2.45, 2.75) is 50.7 Å². The van der Waals surface area contributed by atoms with E-state index in [1.54, 1.807) is 12.1 Å². The van der Waals surface area contributed by atoms with Crippen LogP contribution in [0.3, 0.4) is 0 Å². The quantitative estimate of drug-likeness (QED) is 0.851. The maximum atomic E-state index is 12.5. The molecule has 0 saturated heterocycles. The van der Waals surface area contributed by atoms with Crippen LogP contribution in [-0.2, 0) is 6.18 Å². The number of hydrogen-bond acceptors (Lipinski definition) is 1. The predicted molar refractivity (Wildman–Crippen MR) is 69.8 cm³/mol. The fourth-order valence-electron chi connectivity index (χ4n) is 2.95. The molecule has 0 heterocycles. The second kappa shape index (κ2) is 5.53. The smallest absolute Gasteiger partial charge is 0.327 e. The average molecular weight is 271 g/mol. The Morgan fingerprint density at radius 3 is 2.32 bits per heavy atom. The van der Waals surface area contributed by atoms with Gasteiger partial charge in [-0.15, -0.1) is 0 Å². The molecule has 3 atom stereocenters. The summed E-state index contributed by atoms with van der Waals surface area (Å²) in [6.45, 7) is 2.16. The van der Waals surface area contributed by atoms with Gasteiger partial charge in [-0.3, -0.25) is 0 Å². The minimum Gasteiger partial charge on any atom is -0.327 e. The van der Waals surface area contributed by atoms with Crippen LogP contribution >= 0.6 is 0 Å². The van der Waals surface area contributed by atoms with E-state index in [0.29, 0.717) is 5.92 Å². The van der Waals surface area contributed by atoms with Gasteiger partial charge in [0.1, 0.15) is 0 Å². The molecule has 1 aromatic rings. The van der Waals surface area contributed by atoms with Gasteiger partial charge in [0.2, 0.25) is 0 Å². The fourth-order valence-corrected chi connectivity index (χ4v) is 2.95. The van der Waals surface area contributed by atoms with E-state index in [4.69, 9.17) is 5.73 Å². The Labute approximate surface area is 112 Å². The van der Waals surface area contributed by atoms with Crippen LogP contribution in [-0.4, -0.2) is 6.04 Å². The van der Waals surface area contributed by atoms with E-state index < -0.39 is 11.7 Å². The minimum absolute atomic E-state index is 0.0690. The maximum absolute atomic E-state index is 12.5. The lowest BCUT2D eigenvalue weighted by Crippen LogP contribution is -2.34. The Kier molecular flexibility index (Phi) is 4.19. The van der Waals surface area contributed by atoms with Crippen molar-refractivity contribution >= 4 is 0 Å². The number of benzene rings is 1. The Bertz CT molecular complexity index is 410. The summed E-state index contributed by atoms with van der Waals surface area (Å²) in [6, 6.07) is 5.57. The molecule has 0 radical (unpaired) electrons. The molecule has 0 aliphatic heterocycles. The summed E-state index contributed by atoms with van der Waals surface area (Å²) in [5, 5.41) is 0. The Hall–Kier alpha value is -1.03. The van der Waals surface area contributed by atoms with Crippen molar-refractivity contribution in [3.63, 3.8) is 0 Å².